The molecular formula is C8H6F6N2OS. The number of nitrogen functional groups attached to an aromatic ring is 1. The molecule has 0 radical (unpaired) electrons. The number of ether oxygens (including phenoxy) is 1. The molecule has 1 aromatic carbocycles. The van der Waals surface area contributed by atoms with Crippen LogP contribution < -0.4 is 16.0 Å². The van der Waals surface area contributed by atoms with Gasteiger partial charge < -0.3 is 10.2 Å². The van der Waals surface area contributed by atoms with Gasteiger partial charge in [0.05, 0.1) is 5.69 Å². The Morgan fingerprint density at radius 3 is 2.17 bits per heavy atom. The lowest BCUT2D eigenvalue weighted by Gasteiger charge is -2.14. The van der Waals surface area contributed by atoms with Crippen LogP contribution in [0.4, 0.5) is 32.0 Å². The number of hydrogen-bond donors (Lipinski definition) is 2. The fourth-order valence-electron chi connectivity index (χ4n) is 1.03. The molecule has 0 aliphatic carbocycles. The normalized spacial score (nSPS) is 12.4. The summed E-state index contributed by atoms with van der Waals surface area (Å²) in [7, 11) is 0. The van der Waals surface area contributed by atoms with Gasteiger partial charge in [0.15, 0.2) is 5.75 Å². The van der Waals surface area contributed by atoms with Crippen LogP contribution in [0.1, 0.15) is 0 Å². The standard InChI is InChI=1S/C8H6F6N2OS/c9-7(10,11)17-6-3-4(18-8(12,13)14)1-2-5(6)16-15/h1-3,16H,15H2. The molecule has 0 spiro atoms. The van der Waals surface area contributed by atoms with Crippen LogP contribution in [-0.2, 0) is 0 Å². The van der Waals surface area contributed by atoms with Crippen molar-refractivity contribution in [2.45, 2.75) is 16.8 Å². The molecule has 1 aromatic rings. The fourth-order valence-corrected chi connectivity index (χ4v) is 1.60. The summed E-state index contributed by atoms with van der Waals surface area (Å²) in [5.41, 5.74) is -2.99. The first kappa shape index (κ1) is 14.8. The lowest BCUT2D eigenvalue weighted by atomic mass is 10.3. The van der Waals surface area contributed by atoms with Gasteiger partial charge in [0.2, 0.25) is 0 Å². The molecule has 0 fully saturated rings. The number of halogens is 6. The van der Waals surface area contributed by atoms with Gasteiger partial charge in [0, 0.05) is 4.90 Å². The molecule has 0 aliphatic heterocycles. The highest BCUT2D eigenvalue weighted by Gasteiger charge is 2.33. The van der Waals surface area contributed by atoms with Gasteiger partial charge in [0.25, 0.3) is 0 Å². The molecule has 0 aromatic heterocycles. The van der Waals surface area contributed by atoms with Gasteiger partial charge in [-0.15, -0.1) is 13.2 Å². The van der Waals surface area contributed by atoms with Crippen molar-refractivity contribution in [1.82, 2.24) is 0 Å². The second kappa shape index (κ2) is 5.14. The topological polar surface area (TPSA) is 47.3 Å². The van der Waals surface area contributed by atoms with Crippen molar-refractivity contribution >= 4 is 17.4 Å². The van der Waals surface area contributed by atoms with Gasteiger partial charge in [-0.1, -0.05) is 0 Å². The van der Waals surface area contributed by atoms with Crippen LogP contribution in [0, 0.1) is 0 Å². The molecule has 0 atom stereocenters. The van der Waals surface area contributed by atoms with Crippen LogP contribution in [0.3, 0.4) is 0 Å². The van der Waals surface area contributed by atoms with Gasteiger partial charge >= 0.3 is 11.9 Å². The van der Waals surface area contributed by atoms with Crippen LogP contribution in [0.15, 0.2) is 23.1 Å². The average molecular weight is 292 g/mol. The Morgan fingerprint density at radius 1 is 1.11 bits per heavy atom. The molecule has 0 saturated carbocycles. The van der Waals surface area contributed by atoms with Gasteiger partial charge in [-0.05, 0) is 30.0 Å². The van der Waals surface area contributed by atoms with E-state index in [-0.39, 0.29) is 5.69 Å². The van der Waals surface area contributed by atoms with E-state index in [0.29, 0.717) is 6.07 Å². The predicted octanol–water partition coefficient (Wildman–Crippen LogP) is 3.48. The lowest BCUT2D eigenvalue weighted by Crippen LogP contribution is -2.19. The minimum absolute atomic E-state index is 0.279. The van der Waals surface area contributed by atoms with Crippen molar-refractivity contribution in [2.24, 2.45) is 5.84 Å². The highest BCUT2D eigenvalue weighted by atomic mass is 32.2. The van der Waals surface area contributed by atoms with Crippen molar-refractivity contribution in [2.75, 3.05) is 5.43 Å². The van der Waals surface area contributed by atoms with E-state index in [1.54, 1.807) is 0 Å². The first-order valence-corrected chi connectivity index (χ1v) is 5.04. The van der Waals surface area contributed by atoms with E-state index >= 15 is 0 Å². The number of thioether (sulfide) groups is 1. The minimum atomic E-state index is -5.02. The summed E-state index contributed by atoms with van der Waals surface area (Å²) in [5, 5.41) is 0. The molecule has 0 unspecified atom stereocenters. The van der Waals surface area contributed by atoms with Crippen molar-refractivity contribution in [3.63, 3.8) is 0 Å². The maximum atomic E-state index is 12.1. The molecule has 3 N–H and O–H groups in total. The summed E-state index contributed by atoms with van der Waals surface area (Å²) in [6.07, 6.45) is -5.02. The number of alkyl halides is 6. The Hall–Kier alpha value is -1.29. The van der Waals surface area contributed by atoms with E-state index in [0.717, 1.165) is 12.1 Å². The van der Waals surface area contributed by atoms with Crippen molar-refractivity contribution < 1.29 is 31.1 Å². The molecule has 102 valence electrons. The second-order valence-electron chi connectivity index (χ2n) is 2.90. The Kier molecular flexibility index (Phi) is 4.22. The van der Waals surface area contributed by atoms with Gasteiger partial charge in [-0.3, -0.25) is 5.84 Å². The molecule has 0 amide bonds. The van der Waals surface area contributed by atoms with E-state index in [1.807, 2.05) is 5.43 Å². The number of rotatable bonds is 3. The zero-order valence-corrected chi connectivity index (χ0v) is 9.21. The van der Waals surface area contributed by atoms with Crippen molar-refractivity contribution in [3.05, 3.63) is 18.2 Å². The van der Waals surface area contributed by atoms with Crippen LogP contribution in [0.25, 0.3) is 0 Å². The first-order valence-electron chi connectivity index (χ1n) is 4.23. The summed E-state index contributed by atoms with van der Waals surface area (Å²) in [6, 6.07) is 2.52. The number of benzene rings is 1. The van der Waals surface area contributed by atoms with Crippen molar-refractivity contribution in [1.29, 1.82) is 0 Å². The van der Waals surface area contributed by atoms with Gasteiger partial charge in [-0.2, -0.15) is 13.2 Å². The average Bonchev–Trinajstić information content (AvgIpc) is 2.12. The smallest absolute Gasteiger partial charge is 0.403 e. The van der Waals surface area contributed by atoms with Crippen molar-refractivity contribution in [3.8, 4) is 5.75 Å². The van der Waals surface area contributed by atoms with Crippen LogP contribution >= 0.6 is 11.8 Å². The van der Waals surface area contributed by atoms with E-state index < -0.39 is 34.3 Å². The summed E-state index contributed by atoms with van der Waals surface area (Å²) in [4.78, 5) is -0.444. The molecular weight excluding hydrogens is 286 g/mol. The van der Waals surface area contributed by atoms with Gasteiger partial charge in [0.1, 0.15) is 0 Å². The number of hydrogen-bond acceptors (Lipinski definition) is 4. The number of anilines is 1. The van der Waals surface area contributed by atoms with E-state index in [4.69, 9.17) is 5.84 Å². The van der Waals surface area contributed by atoms with E-state index in [2.05, 4.69) is 4.74 Å². The van der Waals surface area contributed by atoms with Crippen LogP contribution in [0.2, 0.25) is 0 Å². The Morgan fingerprint density at radius 2 is 1.72 bits per heavy atom. The highest BCUT2D eigenvalue weighted by Crippen LogP contribution is 2.40. The largest absolute Gasteiger partial charge is 0.573 e. The molecule has 0 bridgehead atoms. The van der Waals surface area contributed by atoms with Crippen LogP contribution in [0.5, 0.6) is 5.75 Å². The third kappa shape index (κ3) is 4.92. The first-order chi connectivity index (χ1) is 8.11. The molecule has 0 aliphatic rings. The summed E-state index contributed by atoms with van der Waals surface area (Å²) >= 11 is -0.556. The maximum Gasteiger partial charge on any atom is 0.573 e. The molecule has 18 heavy (non-hydrogen) atoms. The zero-order valence-electron chi connectivity index (χ0n) is 8.39. The maximum absolute atomic E-state index is 12.1. The summed E-state index contributed by atoms with van der Waals surface area (Å²) in [5.74, 6) is 4.09. The Bertz CT molecular complexity index is 419. The summed E-state index contributed by atoms with van der Waals surface area (Å²) in [6.45, 7) is 0. The monoisotopic (exact) mass is 292 g/mol. The third-order valence-corrected chi connectivity index (χ3v) is 2.29. The Labute approximate surface area is 101 Å². The zero-order chi connectivity index (χ0) is 14.0. The lowest BCUT2D eigenvalue weighted by molar-refractivity contribution is -0.274. The number of hydrazine groups is 1. The minimum Gasteiger partial charge on any atom is -0.403 e. The molecule has 0 heterocycles. The molecule has 3 nitrogen and oxygen atoms in total. The SMILES string of the molecule is NNc1ccc(SC(F)(F)F)cc1OC(F)(F)F. The predicted molar refractivity (Wildman–Crippen MR) is 52.8 cm³/mol. The fraction of sp³-hybridized carbons (Fsp3) is 0.250. The molecule has 1 rings (SSSR count). The summed E-state index contributed by atoms with van der Waals surface area (Å²) < 4.78 is 75.7. The molecule has 0 saturated heterocycles. The van der Waals surface area contributed by atoms with E-state index in [1.165, 1.54) is 0 Å². The third-order valence-electron chi connectivity index (χ3n) is 1.57. The number of nitrogens with one attached hydrogen (secondary N) is 1. The number of nitrogens with two attached hydrogens (primary N) is 1. The highest BCUT2D eigenvalue weighted by molar-refractivity contribution is 8.00. The second-order valence-corrected chi connectivity index (χ2v) is 4.04. The Balaban J connectivity index is 3.02. The quantitative estimate of drug-likeness (QED) is 0.387. The van der Waals surface area contributed by atoms with E-state index in [9.17, 15) is 26.3 Å². The molecule has 10 heteroatoms. The van der Waals surface area contributed by atoms with Crippen LogP contribution in [-0.4, -0.2) is 11.9 Å². The van der Waals surface area contributed by atoms with Gasteiger partial charge in [-0.25, -0.2) is 0 Å².